The summed E-state index contributed by atoms with van der Waals surface area (Å²) < 4.78 is 29.9. The predicted octanol–water partition coefficient (Wildman–Crippen LogP) is 2.94. The second-order valence-electron chi connectivity index (χ2n) is 4.76. The van der Waals surface area contributed by atoms with Crippen LogP contribution in [0.5, 0.6) is 5.75 Å². The van der Waals surface area contributed by atoms with E-state index in [9.17, 15) is 8.42 Å². The third kappa shape index (κ3) is 4.85. The van der Waals surface area contributed by atoms with Crippen molar-refractivity contribution < 1.29 is 13.2 Å². The van der Waals surface area contributed by atoms with Crippen LogP contribution in [0.1, 0.15) is 5.56 Å². The summed E-state index contributed by atoms with van der Waals surface area (Å²) in [5.74, 6) is 1.59. The first-order valence-electron chi connectivity index (χ1n) is 6.50. The first-order chi connectivity index (χ1) is 10.4. The molecular formula is C15H18N2O3S2. The van der Waals surface area contributed by atoms with E-state index >= 15 is 0 Å². The largest absolute Gasteiger partial charge is 0.497 e. The highest BCUT2D eigenvalue weighted by molar-refractivity contribution is 7.98. The molecule has 0 fully saturated rings. The molecule has 0 radical (unpaired) electrons. The fourth-order valence-corrected chi connectivity index (χ4v) is 3.30. The average Bonchev–Trinajstić information content (AvgIpc) is 2.45. The molecule has 22 heavy (non-hydrogen) atoms. The Labute approximate surface area is 134 Å². The summed E-state index contributed by atoms with van der Waals surface area (Å²) in [6.45, 7) is 0. The van der Waals surface area contributed by atoms with E-state index in [1.807, 2.05) is 30.3 Å². The molecular weight excluding hydrogens is 320 g/mol. The lowest BCUT2D eigenvalue weighted by Crippen LogP contribution is -2.09. The molecule has 0 spiro atoms. The van der Waals surface area contributed by atoms with Crippen LogP contribution >= 0.6 is 11.8 Å². The number of hydrogen-bond donors (Lipinski definition) is 2. The minimum atomic E-state index is -3.29. The van der Waals surface area contributed by atoms with E-state index in [1.165, 1.54) is 0 Å². The molecule has 0 aliphatic rings. The summed E-state index contributed by atoms with van der Waals surface area (Å²) in [4.78, 5) is 0.912. The van der Waals surface area contributed by atoms with Crippen LogP contribution in [0.25, 0.3) is 0 Å². The Morgan fingerprint density at radius 1 is 1.18 bits per heavy atom. The zero-order valence-corrected chi connectivity index (χ0v) is 14.0. The third-order valence-electron chi connectivity index (χ3n) is 2.87. The molecule has 5 nitrogen and oxygen atoms in total. The molecule has 0 aromatic heterocycles. The van der Waals surface area contributed by atoms with Gasteiger partial charge in [0, 0.05) is 16.3 Å². The normalized spacial score (nSPS) is 11.2. The van der Waals surface area contributed by atoms with Gasteiger partial charge in [-0.2, -0.15) is 0 Å². The molecule has 0 bridgehead atoms. The fraction of sp³-hybridized carbons (Fsp3) is 0.200. The minimum Gasteiger partial charge on any atom is -0.497 e. The maximum absolute atomic E-state index is 11.2. The molecule has 118 valence electrons. The van der Waals surface area contributed by atoms with Gasteiger partial charge in [0.25, 0.3) is 0 Å². The van der Waals surface area contributed by atoms with Crippen LogP contribution in [0, 0.1) is 0 Å². The van der Waals surface area contributed by atoms with Gasteiger partial charge in [-0.1, -0.05) is 12.1 Å². The van der Waals surface area contributed by atoms with Gasteiger partial charge in [-0.3, -0.25) is 4.72 Å². The molecule has 2 aromatic rings. The molecule has 0 aliphatic carbocycles. The van der Waals surface area contributed by atoms with Crippen molar-refractivity contribution in [1.82, 2.24) is 0 Å². The molecule has 0 saturated carbocycles. The standard InChI is InChI=1S/C15H18N2O3S2/c1-20-13-6-3-11(4-7-13)10-21-15-8-5-12(9-14(15)16)17-22(2,18)19/h3-9,17H,10,16H2,1-2H3. The van der Waals surface area contributed by atoms with Crippen LogP contribution in [-0.4, -0.2) is 21.8 Å². The third-order valence-corrected chi connectivity index (χ3v) is 4.63. The molecule has 3 N–H and O–H groups in total. The van der Waals surface area contributed by atoms with Gasteiger partial charge in [-0.25, -0.2) is 8.42 Å². The Hall–Kier alpha value is -1.86. The minimum absolute atomic E-state index is 0.466. The summed E-state index contributed by atoms with van der Waals surface area (Å²) in [5, 5.41) is 0. The molecule has 0 amide bonds. The molecule has 0 atom stereocenters. The zero-order chi connectivity index (χ0) is 16.2. The van der Waals surface area contributed by atoms with Gasteiger partial charge in [0.2, 0.25) is 10.0 Å². The summed E-state index contributed by atoms with van der Waals surface area (Å²) in [6, 6.07) is 13.0. The van der Waals surface area contributed by atoms with E-state index in [-0.39, 0.29) is 0 Å². The Bertz CT molecular complexity index is 744. The predicted molar refractivity (Wildman–Crippen MR) is 91.9 cm³/mol. The number of nitrogens with one attached hydrogen (secondary N) is 1. The van der Waals surface area contributed by atoms with E-state index in [2.05, 4.69) is 4.72 Å². The highest BCUT2D eigenvalue weighted by atomic mass is 32.2. The number of anilines is 2. The van der Waals surface area contributed by atoms with Crippen LogP contribution in [0.4, 0.5) is 11.4 Å². The van der Waals surface area contributed by atoms with E-state index < -0.39 is 10.0 Å². The summed E-state index contributed by atoms with van der Waals surface area (Å²) in [7, 11) is -1.66. The fourth-order valence-electron chi connectivity index (χ4n) is 1.84. The van der Waals surface area contributed by atoms with E-state index in [0.717, 1.165) is 28.2 Å². The van der Waals surface area contributed by atoms with Gasteiger partial charge in [0.1, 0.15) is 5.75 Å². The second-order valence-corrected chi connectivity index (χ2v) is 7.53. The second kappa shape index (κ2) is 6.93. The number of hydrogen-bond acceptors (Lipinski definition) is 5. The number of sulfonamides is 1. The molecule has 0 aliphatic heterocycles. The number of methoxy groups -OCH3 is 1. The Kier molecular flexibility index (Phi) is 5.20. The van der Waals surface area contributed by atoms with Gasteiger partial charge in [0.15, 0.2) is 0 Å². The van der Waals surface area contributed by atoms with Gasteiger partial charge in [-0.15, -0.1) is 11.8 Å². The molecule has 0 saturated heterocycles. The number of rotatable bonds is 6. The highest BCUT2D eigenvalue weighted by Crippen LogP contribution is 2.30. The van der Waals surface area contributed by atoms with Gasteiger partial charge >= 0.3 is 0 Å². The van der Waals surface area contributed by atoms with Gasteiger partial charge in [0.05, 0.1) is 19.1 Å². The molecule has 2 rings (SSSR count). The van der Waals surface area contributed by atoms with Crippen molar-refractivity contribution in [3.8, 4) is 5.75 Å². The van der Waals surface area contributed by atoms with Crippen molar-refractivity contribution in [1.29, 1.82) is 0 Å². The lowest BCUT2D eigenvalue weighted by atomic mass is 10.2. The maximum atomic E-state index is 11.2. The van der Waals surface area contributed by atoms with Crippen molar-refractivity contribution in [3.63, 3.8) is 0 Å². The van der Waals surface area contributed by atoms with E-state index in [1.54, 1.807) is 31.0 Å². The SMILES string of the molecule is COc1ccc(CSc2ccc(NS(C)(=O)=O)cc2N)cc1. The number of ether oxygens (including phenoxy) is 1. The Morgan fingerprint density at radius 2 is 1.86 bits per heavy atom. The lowest BCUT2D eigenvalue weighted by Gasteiger charge is -2.09. The summed E-state index contributed by atoms with van der Waals surface area (Å²) in [6.07, 6.45) is 1.11. The van der Waals surface area contributed by atoms with Crippen molar-refractivity contribution in [2.75, 3.05) is 23.8 Å². The first-order valence-corrected chi connectivity index (χ1v) is 9.38. The monoisotopic (exact) mass is 338 g/mol. The van der Waals surface area contributed by atoms with Crippen LogP contribution in [0.2, 0.25) is 0 Å². The number of thioether (sulfide) groups is 1. The van der Waals surface area contributed by atoms with Crippen LogP contribution in [0.15, 0.2) is 47.4 Å². The molecule has 7 heteroatoms. The molecule has 0 heterocycles. The Balaban J connectivity index is 2.03. The average molecular weight is 338 g/mol. The van der Waals surface area contributed by atoms with E-state index in [0.29, 0.717) is 11.4 Å². The summed E-state index contributed by atoms with van der Waals surface area (Å²) >= 11 is 1.60. The number of nitrogen functional groups attached to an aromatic ring is 1. The van der Waals surface area contributed by atoms with Crippen molar-refractivity contribution in [2.45, 2.75) is 10.6 Å². The zero-order valence-electron chi connectivity index (χ0n) is 12.4. The highest BCUT2D eigenvalue weighted by Gasteiger charge is 2.06. The Morgan fingerprint density at radius 3 is 2.41 bits per heavy atom. The van der Waals surface area contributed by atoms with Crippen LogP contribution < -0.4 is 15.2 Å². The number of nitrogens with two attached hydrogens (primary N) is 1. The van der Waals surface area contributed by atoms with Crippen molar-refractivity contribution >= 4 is 33.2 Å². The number of benzene rings is 2. The topological polar surface area (TPSA) is 81.4 Å². The first kappa shape index (κ1) is 16.5. The van der Waals surface area contributed by atoms with Gasteiger partial charge < -0.3 is 10.5 Å². The lowest BCUT2D eigenvalue weighted by molar-refractivity contribution is 0.414. The van der Waals surface area contributed by atoms with E-state index in [4.69, 9.17) is 10.5 Å². The van der Waals surface area contributed by atoms with Crippen LogP contribution in [0.3, 0.4) is 0 Å². The summed E-state index contributed by atoms with van der Waals surface area (Å²) in [5.41, 5.74) is 8.15. The molecule has 2 aromatic carbocycles. The maximum Gasteiger partial charge on any atom is 0.229 e. The smallest absolute Gasteiger partial charge is 0.229 e. The van der Waals surface area contributed by atoms with Crippen LogP contribution in [-0.2, 0) is 15.8 Å². The molecule has 0 unspecified atom stereocenters. The van der Waals surface area contributed by atoms with Gasteiger partial charge in [-0.05, 0) is 35.9 Å². The van der Waals surface area contributed by atoms with Crippen molar-refractivity contribution in [2.24, 2.45) is 0 Å². The quantitative estimate of drug-likeness (QED) is 0.625. The van der Waals surface area contributed by atoms with Crippen molar-refractivity contribution in [3.05, 3.63) is 48.0 Å².